The first-order valence-electron chi connectivity index (χ1n) is 8.28. The van der Waals surface area contributed by atoms with Gasteiger partial charge in [0.05, 0.1) is 18.8 Å². The van der Waals surface area contributed by atoms with E-state index in [-0.39, 0.29) is 6.54 Å². The van der Waals surface area contributed by atoms with E-state index in [1.165, 1.54) is 0 Å². The van der Waals surface area contributed by atoms with Crippen LogP contribution in [-0.4, -0.2) is 25.7 Å². The first-order chi connectivity index (χ1) is 12.5. The monoisotopic (exact) mass is 367 g/mol. The van der Waals surface area contributed by atoms with Gasteiger partial charge in [-0.3, -0.25) is 4.79 Å². The molecule has 0 saturated heterocycles. The molecule has 7 heteroatoms. The highest BCUT2D eigenvalue weighted by atomic mass is 19.2. The number of ether oxygens (including phenoxy) is 2. The van der Waals surface area contributed by atoms with Crippen LogP contribution in [-0.2, 0) is 6.42 Å². The average molecular weight is 367 g/mol. The van der Waals surface area contributed by atoms with E-state index in [9.17, 15) is 18.0 Å². The zero-order valence-electron chi connectivity index (χ0n) is 14.6. The average Bonchev–Trinajstić information content (AvgIpc) is 2.62. The number of carbonyl (C=O) groups is 1. The van der Waals surface area contributed by atoms with Crippen LogP contribution in [0.25, 0.3) is 0 Å². The number of hydrogen-bond donors (Lipinski definition) is 1. The van der Waals surface area contributed by atoms with E-state index in [1.54, 1.807) is 12.1 Å². The second-order valence-corrected chi connectivity index (χ2v) is 5.38. The van der Waals surface area contributed by atoms with Crippen LogP contribution >= 0.6 is 0 Å². The lowest BCUT2D eigenvalue weighted by atomic mass is 10.1. The van der Waals surface area contributed by atoms with Gasteiger partial charge in [-0.2, -0.15) is 0 Å². The van der Waals surface area contributed by atoms with E-state index in [1.807, 2.05) is 19.9 Å². The Hall–Kier alpha value is -2.70. The van der Waals surface area contributed by atoms with E-state index >= 15 is 0 Å². The van der Waals surface area contributed by atoms with Crippen molar-refractivity contribution in [3.05, 3.63) is 58.9 Å². The molecule has 140 valence electrons. The molecule has 1 N–H and O–H groups in total. The Morgan fingerprint density at radius 1 is 0.962 bits per heavy atom. The van der Waals surface area contributed by atoms with Gasteiger partial charge in [-0.1, -0.05) is 6.07 Å². The molecular formula is C19H20F3NO3. The van der Waals surface area contributed by atoms with Crippen LogP contribution in [0.1, 0.15) is 29.8 Å². The zero-order valence-corrected chi connectivity index (χ0v) is 14.6. The third kappa shape index (κ3) is 4.68. The molecule has 0 aliphatic carbocycles. The summed E-state index contributed by atoms with van der Waals surface area (Å²) < 4.78 is 50.7. The summed E-state index contributed by atoms with van der Waals surface area (Å²) in [6, 6.07) is 7.04. The Balaban J connectivity index is 2.00. The Bertz CT molecular complexity index is 781. The van der Waals surface area contributed by atoms with Gasteiger partial charge >= 0.3 is 0 Å². The van der Waals surface area contributed by atoms with Gasteiger partial charge in [-0.05, 0) is 50.1 Å². The maximum absolute atomic E-state index is 13.6. The van der Waals surface area contributed by atoms with E-state index < -0.39 is 28.9 Å². The van der Waals surface area contributed by atoms with Crippen molar-refractivity contribution in [2.75, 3.05) is 19.8 Å². The Morgan fingerprint density at radius 3 is 2.35 bits per heavy atom. The number of carbonyl (C=O) groups excluding carboxylic acids is 1. The van der Waals surface area contributed by atoms with Crippen molar-refractivity contribution >= 4 is 5.91 Å². The van der Waals surface area contributed by atoms with E-state index in [0.717, 1.165) is 11.6 Å². The largest absolute Gasteiger partial charge is 0.490 e. The zero-order chi connectivity index (χ0) is 19.1. The van der Waals surface area contributed by atoms with Crippen LogP contribution in [0.15, 0.2) is 30.3 Å². The van der Waals surface area contributed by atoms with E-state index in [0.29, 0.717) is 37.2 Å². The fourth-order valence-electron chi connectivity index (χ4n) is 2.37. The molecule has 0 aliphatic rings. The predicted molar refractivity (Wildman–Crippen MR) is 91.1 cm³/mol. The molecule has 0 aliphatic heterocycles. The van der Waals surface area contributed by atoms with Crippen LogP contribution in [0.3, 0.4) is 0 Å². The fraction of sp³-hybridized carbons (Fsp3) is 0.316. The summed E-state index contributed by atoms with van der Waals surface area (Å²) in [5.41, 5.74) is 0.341. The van der Waals surface area contributed by atoms with Crippen molar-refractivity contribution < 1.29 is 27.4 Å². The minimum Gasteiger partial charge on any atom is -0.490 e. The van der Waals surface area contributed by atoms with Crippen molar-refractivity contribution in [1.82, 2.24) is 5.32 Å². The van der Waals surface area contributed by atoms with Gasteiger partial charge in [0.25, 0.3) is 5.91 Å². The standard InChI is InChI=1S/C19H20F3NO3/c1-3-25-15-8-5-12(11-16(15)26-4-2)9-10-23-19(24)13-6-7-14(20)18(22)17(13)21/h5-8,11H,3-4,9-10H2,1-2H3,(H,23,24). The molecule has 0 radical (unpaired) electrons. The lowest BCUT2D eigenvalue weighted by Crippen LogP contribution is -2.27. The molecule has 2 aromatic carbocycles. The van der Waals surface area contributed by atoms with Gasteiger partial charge in [0.15, 0.2) is 29.0 Å². The van der Waals surface area contributed by atoms with Crippen LogP contribution < -0.4 is 14.8 Å². The van der Waals surface area contributed by atoms with Gasteiger partial charge in [0, 0.05) is 6.54 Å². The second-order valence-electron chi connectivity index (χ2n) is 5.38. The van der Waals surface area contributed by atoms with Crippen LogP contribution in [0.2, 0.25) is 0 Å². The summed E-state index contributed by atoms with van der Waals surface area (Å²) in [6.07, 6.45) is 0.448. The summed E-state index contributed by atoms with van der Waals surface area (Å²) in [4.78, 5) is 11.9. The topological polar surface area (TPSA) is 47.6 Å². The number of amides is 1. The molecule has 0 saturated carbocycles. The normalized spacial score (nSPS) is 10.5. The first kappa shape index (κ1) is 19.6. The number of nitrogens with one attached hydrogen (secondary N) is 1. The minimum atomic E-state index is -1.66. The summed E-state index contributed by atoms with van der Waals surface area (Å²) in [5.74, 6) is -4.07. The third-order valence-corrected chi connectivity index (χ3v) is 3.59. The maximum Gasteiger partial charge on any atom is 0.254 e. The summed E-state index contributed by atoms with van der Waals surface area (Å²) in [5, 5.41) is 2.49. The molecular weight excluding hydrogens is 347 g/mol. The number of hydrogen-bond acceptors (Lipinski definition) is 3. The number of rotatable bonds is 8. The molecule has 2 aromatic rings. The first-order valence-corrected chi connectivity index (χ1v) is 8.28. The Labute approximate surface area is 149 Å². The Kier molecular flexibility index (Phi) is 6.89. The Morgan fingerprint density at radius 2 is 1.65 bits per heavy atom. The van der Waals surface area contributed by atoms with Gasteiger partial charge in [-0.25, -0.2) is 13.2 Å². The van der Waals surface area contributed by atoms with Gasteiger partial charge < -0.3 is 14.8 Å². The van der Waals surface area contributed by atoms with Crippen molar-refractivity contribution in [3.8, 4) is 11.5 Å². The molecule has 0 heterocycles. The van der Waals surface area contributed by atoms with Crippen molar-refractivity contribution in [2.45, 2.75) is 20.3 Å². The summed E-state index contributed by atoms with van der Waals surface area (Å²) >= 11 is 0. The molecule has 0 aromatic heterocycles. The molecule has 26 heavy (non-hydrogen) atoms. The molecule has 0 fully saturated rings. The third-order valence-electron chi connectivity index (χ3n) is 3.59. The van der Waals surface area contributed by atoms with Crippen molar-refractivity contribution in [1.29, 1.82) is 0 Å². The number of halogens is 3. The highest BCUT2D eigenvalue weighted by molar-refractivity contribution is 5.94. The van der Waals surface area contributed by atoms with Gasteiger partial charge in [-0.15, -0.1) is 0 Å². The smallest absolute Gasteiger partial charge is 0.254 e. The van der Waals surface area contributed by atoms with Crippen LogP contribution in [0.4, 0.5) is 13.2 Å². The van der Waals surface area contributed by atoms with E-state index in [4.69, 9.17) is 9.47 Å². The second kappa shape index (κ2) is 9.12. The van der Waals surface area contributed by atoms with E-state index in [2.05, 4.69) is 5.32 Å². The predicted octanol–water partition coefficient (Wildman–Crippen LogP) is 3.87. The van der Waals surface area contributed by atoms with Crippen LogP contribution in [0.5, 0.6) is 11.5 Å². The van der Waals surface area contributed by atoms with Crippen molar-refractivity contribution in [2.24, 2.45) is 0 Å². The quantitative estimate of drug-likeness (QED) is 0.721. The van der Waals surface area contributed by atoms with Crippen LogP contribution in [0, 0.1) is 17.5 Å². The summed E-state index contributed by atoms with van der Waals surface area (Å²) in [6.45, 7) is 4.91. The molecule has 2 rings (SSSR count). The molecule has 4 nitrogen and oxygen atoms in total. The highest BCUT2D eigenvalue weighted by Gasteiger charge is 2.18. The molecule has 0 atom stereocenters. The van der Waals surface area contributed by atoms with Crippen molar-refractivity contribution in [3.63, 3.8) is 0 Å². The lowest BCUT2D eigenvalue weighted by molar-refractivity contribution is 0.0949. The molecule has 0 bridgehead atoms. The number of benzene rings is 2. The highest BCUT2D eigenvalue weighted by Crippen LogP contribution is 2.28. The molecule has 1 amide bonds. The van der Waals surface area contributed by atoms with Gasteiger partial charge in [0.1, 0.15) is 0 Å². The SMILES string of the molecule is CCOc1ccc(CCNC(=O)c2ccc(F)c(F)c2F)cc1OCC. The van der Waals surface area contributed by atoms with Gasteiger partial charge in [0.2, 0.25) is 0 Å². The summed E-state index contributed by atoms with van der Waals surface area (Å²) in [7, 11) is 0. The molecule has 0 spiro atoms. The molecule has 0 unspecified atom stereocenters. The minimum absolute atomic E-state index is 0.191. The fourth-order valence-corrected chi connectivity index (χ4v) is 2.37. The lowest BCUT2D eigenvalue weighted by Gasteiger charge is -2.13. The maximum atomic E-state index is 13.6.